The SMILES string of the molecule is [CH3][Ge]([CH3])/[C](=[C](\[Ge]([CH3])[CH3])[Si](C)(C)C)c1ccccc1. The Morgan fingerprint density at radius 2 is 1.33 bits per heavy atom. The van der Waals surface area contributed by atoms with Crippen LogP contribution < -0.4 is 0 Å². The van der Waals surface area contributed by atoms with E-state index in [0.717, 1.165) is 0 Å². The van der Waals surface area contributed by atoms with Crippen LogP contribution in [0.5, 0.6) is 0 Å². The molecule has 0 bridgehead atoms. The molecule has 0 aromatic heterocycles. The molecule has 0 aliphatic heterocycles. The Kier molecular flexibility index (Phi) is 6.00. The molecule has 0 saturated carbocycles. The first-order chi connectivity index (χ1) is 8.25. The predicted molar refractivity (Wildman–Crippen MR) is 91.7 cm³/mol. The van der Waals surface area contributed by atoms with Crippen LogP contribution in [-0.2, 0) is 0 Å². The van der Waals surface area contributed by atoms with E-state index in [1.165, 1.54) is 5.56 Å². The van der Waals surface area contributed by atoms with Crippen molar-refractivity contribution in [1.29, 1.82) is 0 Å². The molecule has 0 atom stereocenters. The van der Waals surface area contributed by atoms with Gasteiger partial charge in [0.05, 0.1) is 0 Å². The Morgan fingerprint density at radius 1 is 0.833 bits per heavy atom. The first-order valence-electron chi connectivity index (χ1n) is 6.66. The minimum absolute atomic E-state index is 0.991. The average molecular weight is 380 g/mol. The summed E-state index contributed by atoms with van der Waals surface area (Å²) < 4.78 is 3.79. The second-order valence-electron chi connectivity index (χ2n) is 6.37. The van der Waals surface area contributed by atoms with Crippen LogP contribution in [0.3, 0.4) is 0 Å². The molecule has 1 aromatic rings. The van der Waals surface area contributed by atoms with Gasteiger partial charge in [-0.2, -0.15) is 0 Å². The summed E-state index contributed by atoms with van der Waals surface area (Å²) in [7, 11) is -1.16. The van der Waals surface area contributed by atoms with Gasteiger partial charge in [-0.25, -0.2) is 0 Å². The van der Waals surface area contributed by atoms with Crippen molar-refractivity contribution in [3.63, 3.8) is 0 Å². The third kappa shape index (κ3) is 4.14. The van der Waals surface area contributed by atoms with E-state index < -0.39 is 36.8 Å². The second-order valence-corrected chi connectivity index (χ2v) is 22.9. The van der Waals surface area contributed by atoms with Crippen molar-refractivity contribution in [3.8, 4) is 0 Å². The van der Waals surface area contributed by atoms with Crippen molar-refractivity contribution >= 4 is 41.2 Å². The monoisotopic (exact) mass is 382 g/mol. The van der Waals surface area contributed by atoms with Gasteiger partial charge >= 0.3 is 124 Å². The molecule has 18 heavy (non-hydrogen) atoms. The van der Waals surface area contributed by atoms with E-state index in [9.17, 15) is 0 Å². The van der Waals surface area contributed by atoms with Gasteiger partial charge in [-0.1, -0.05) is 0 Å². The molecule has 2 radical (unpaired) electrons. The molecule has 0 spiro atoms. The van der Waals surface area contributed by atoms with Gasteiger partial charge in [0, 0.05) is 0 Å². The van der Waals surface area contributed by atoms with Crippen LogP contribution >= 0.6 is 0 Å². The summed E-state index contributed by atoms with van der Waals surface area (Å²) in [5.41, 5.74) is 1.53. The normalized spacial score (nSPS) is 14.1. The van der Waals surface area contributed by atoms with E-state index in [1.54, 1.807) is 0 Å². The van der Waals surface area contributed by atoms with Crippen molar-refractivity contribution in [2.75, 3.05) is 0 Å². The molecule has 0 heterocycles. The molecule has 98 valence electrons. The molecule has 0 N–H and O–H groups in total. The molecule has 3 heteroatoms. The van der Waals surface area contributed by atoms with Gasteiger partial charge in [-0.15, -0.1) is 0 Å². The molecule has 1 rings (SSSR count). The van der Waals surface area contributed by atoms with Crippen LogP contribution in [-0.4, -0.2) is 36.8 Å². The third-order valence-electron chi connectivity index (χ3n) is 3.06. The summed E-state index contributed by atoms with van der Waals surface area (Å²) >= 11 is -2.04. The fourth-order valence-corrected chi connectivity index (χ4v) is 27.6. The molecule has 0 unspecified atom stereocenters. The van der Waals surface area contributed by atoms with Gasteiger partial charge in [-0.3, -0.25) is 0 Å². The first kappa shape index (κ1) is 16.3. The van der Waals surface area contributed by atoms with Gasteiger partial charge in [0.1, 0.15) is 0 Å². The van der Waals surface area contributed by atoms with Crippen LogP contribution in [0.4, 0.5) is 0 Å². The third-order valence-corrected chi connectivity index (χ3v) is 19.6. The molecule has 0 nitrogen and oxygen atoms in total. The number of rotatable bonds is 4. The fourth-order valence-electron chi connectivity index (χ4n) is 2.66. The summed E-state index contributed by atoms with van der Waals surface area (Å²) in [6.07, 6.45) is 0. The molecule has 0 amide bonds. The van der Waals surface area contributed by atoms with Crippen LogP contribution in [0.15, 0.2) is 34.4 Å². The van der Waals surface area contributed by atoms with Crippen molar-refractivity contribution < 1.29 is 0 Å². The average Bonchev–Trinajstić information content (AvgIpc) is 2.24. The number of benzene rings is 1. The Hall–Kier alpha value is 0.263. The van der Waals surface area contributed by atoms with Crippen LogP contribution in [0, 0.1) is 0 Å². The minimum atomic E-state index is -1.16. The van der Waals surface area contributed by atoms with Crippen molar-refractivity contribution in [2.24, 2.45) is 0 Å². The molecule has 0 saturated heterocycles. The summed E-state index contributed by atoms with van der Waals surface area (Å²) in [5, 5.41) is 0. The van der Waals surface area contributed by atoms with E-state index in [2.05, 4.69) is 73.0 Å². The molecule has 0 fully saturated rings. The van der Waals surface area contributed by atoms with E-state index >= 15 is 0 Å². The van der Waals surface area contributed by atoms with E-state index in [0.29, 0.717) is 0 Å². The summed E-state index contributed by atoms with van der Waals surface area (Å²) in [6.45, 7) is 7.60. The van der Waals surface area contributed by atoms with Gasteiger partial charge < -0.3 is 0 Å². The van der Waals surface area contributed by atoms with Gasteiger partial charge in [-0.05, 0) is 0 Å². The Morgan fingerprint density at radius 3 is 1.67 bits per heavy atom. The summed E-state index contributed by atoms with van der Waals surface area (Å²) in [5.74, 6) is 10.1. The Bertz CT molecular complexity index is 414. The zero-order chi connectivity index (χ0) is 13.9. The van der Waals surface area contributed by atoms with Crippen LogP contribution in [0.25, 0.3) is 4.41 Å². The molecule has 0 aliphatic carbocycles. The van der Waals surface area contributed by atoms with Crippen molar-refractivity contribution in [1.82, 2.24) is 0 Å². The van der Waals surface area contributed by atoms with E-state index in [-0.39, 0.29) is 0 Å². The molecular weight excluding hydrogens is 353 g/mol. The number of hydrogen-bond acceptors (Lipinski definition) is 0. The maximum absolute atomic E-state index is 2.54. The molecular formula is C15H26Ge2Si. The van der Waals surface area contributed by atoms with Gasteiger partial charge in [0.2, 0.25) is 0 Å². The Labute approximate surface area is 123 Å². The van der Waals surface area contributed by atoms with E-state index in [4.69, 9.17) is 0 Å². The Balaban J connectivity index is 3.50. The van der Waals surface area contributed by atoms with Crippen LogP contribution in [0.1, 0.15) is 5.56 Å². The van der Waals surface area contributed by atoms with Crippen molar-refractivity contribution in [3.05, 3.63) is 39.9 Å². The van der Waals surface area contributed by atoms with Gasteiger partial charge in [0.25, 0.3) is 0 Å². The molecule has 0 aliphatic rings. The first-order valence-corrected chi connectivity index (χ1v) is 20.7. The number of hydrogen-bond donors (Lipinski definition) is 0. The molecule has 1 aromatic carbocycles. The summed E-state index contributed by atoms with van der Waals surface area (Å²) in [4.78, 5) is 0. The van der Waals surface area contributed by atoms with Crippen LogP contribution in [0.2, 0.25) is 42.7 Å². The quantitative estimate of drug-likeness (QED) is 0.652. The van der Waals surface area contributed by atoms with Gasteiger partial charge in [0.15, 0.2) is 0 Å². The van der Waals surface area contributed by atoms with Crippen molar-refractivity contribution in [2.45, 2.75) is 42.7 Å². The predicted octanol–water partition coefficient (Wildman–Crippen LogP) is 4.90. The standard InChI is InChI=1S/C15H26Ge2Si/c1-16(2)14(13-11-9-8-10-12-13)15(17(3)4)18(5,6)7/h8-12H,1-7H3/b15-14+. The topological polar surface area (TPSA) is 0 Å². The maximum atomic E-state index is 2.54. The fraction of sp³-hybridized carbons (Fsp3) is 0.467. The summed E-state index contributed by atoms with van der Waals surface area (Å²) in [6, 6.07) is 11.2. The van der Waals surface area contributed by atoms with E-state index in [1.807, 2.05) is 8.43 Å². The zero-order valence-electron chi connectivity index (χ0n) is 12.9. The second kappa shape index (κ2) is 6.62. The zero-order valence-corrected chi connectivity index (χ0v) is 18.1.